The summed E-state index contributed by atoms with van der Waals surface area (Å²) in [5.74, 6) is 0. The number of thiophene rings is 1. The predicted octanol–water partition coefficient (Wildman–Crippen LogP) is 4.92. The van der Waals surface area contributed by atoms with Crippen molar-refractivity contribution in [1.29, 1.82) is 0 Å². The first kappa shape index (κ1) is 17.6. The Hall–Kier alpha value is -1.17. The highest BCUT2D eigenvalue weighted by Gasteiger charge is 2.34. The molecule has 1 atom stereocenters. The van der Waals surface area contributed by atoms with Gasteiger partial charge in [0.1, 0.15) is 0 Å². The van der Waals surface area contributed by atoms with Gasteiger partial charge in [-0.1, -0.05) is 31.9 Å². The van der Waals surface area contributed by atoms with Crippen LogP contribution in [-0.4, -0.2) is 19.3 Å². The van der Waals surface area contributed by atoms with Crippen molar-refractivity contribution in [2.75, 3.05) is 6.54 Å². The van der Waals surface area contributed by atoms with Gasteiger partial charge in [0.25, 0.3) is 0 Å². The van der Waals surface area contributed by atoms with Crippen molar-refractivity contribution < 1.29 is 8.42 Å². The molecule has 3 rings (SSSR count). The molecule has 1 saturated heterocycles. The maximum atomic E-state index is 13.3. The average Bonchev–Trinajstić information content (AvgIpc) is 2.86. The molecular weight excluding hydrogens is 338 g/mol. The zero-order valence-electron chi connectivity index (χ0n) is 14.4. The van der Waals surface area contributed by atoms with Crippen molar-refractivity contribution >= 4 is 21.4 Å². The molecule has 0 N–H and O–H groups in total. The summed E-state index contributed by atoms with van der Waals surface area (Å²) in [6.45, 7) is 4.76. The van der Waals surface area contributed by atoms with Gasteiger partial charge in [-0.05, 0) is 56.0 Å². The molecule has 5 heteroatoms. The Morgan fingerprint density at radius 3 is 2.46 bits per heavy atom. The summed E-state index contributed by atoms with van der Waals surface area (Å²) >= 11 is 1.72. The lowest BCUT2D eigenvalue weighted by molar-refractivity contribution is 0.333. The number of sulfonamides is 1. The van der Waals surface area contributed by atoms with Crippen LogP contribution in [0.5, 0.6) is 0 Å². The molecule has 1 unspecified atom stereocenters. The number of hydrogen-bond acceptors (Lipinski definition) is 3. The van der Waals surface area contributed by atoms with Gasteiger partial charge >= 0.3 is 0 Å². The van der Waals surface area contributed by atoms with E-state index in [-0.39, 0.29) is 6.04 Å². The number of benzene rings is 1. The van der Waals surface area contributed by atoms with Gasteiger partial charge in [-0.25, -0.2) is 8.42 Å². The molecule has 24 heavy (non-hydrogen) atoms. The van der Waals surface area contributed by atoms with Gasteiger partial charge in [-0.3, -0.25) is 0 Å². The van der Waals surface area contributed by atoms with E-state index in [9.17, 15) is 8.42 Å². The largest absolute Gasteiger partial charge is 0.243 e. The third-order valence-corrected chi connectivity index (χ3v) is 7.76. The van der Waals surface area contributed by atoms with Crippen molar-refractivity contribution in [3.8, 4) is 0 Å². The molecule has 1 aliphatic rings. The molecule has 130 valence electrons. The second-order valence-corrected chi connectivity index (χ2v) is 9.64. The first-order valence-electron chi connectivity index (χ1n) is 8.69. The van der Waals surface area contributed by atoms with Gasteiger partial charge in [0, 0.05) is 16.3 Å². The number of aryl methyl sites for hydroxylation is 2. The molecule has 2 heterocycles. The molecule has 0 amide bonds. The van der Waals surface area contributed by atoms with Crippen LogP contribution in [0, 0.1) is 6.92 Å². The molecule has 2 aromatic rings. The highest BCUT2D eigenvalue weighted by molar-refractivity contribution is 7.89. The van der Waals surface area contributed by atoms with Crippen LogP contribution in [0.15, 0.2) is 41.3 Å². The van der Waals surface area contributed by atoms with E-state index < -0.39 is 10.0 Å². The lowest BCUT2D eigenvalue weighted by Gasteiger charge is -2.28. The predicted molar refractivity (Wildman–Crippen MR) is 100.0 cm³/mol. The normalized spacial score (nSPS) is 20.0. The van der Waals surface area contributed by atoms with E-state index in [1.54, 1.807) is 27.8 Å². The smallest absolute Gasteiger partial charge is 0.207 e. The summed E-state index contributed by atoms with van der Waals surface area (Å²) in [7, 11) is -3.46. The van der Waals surface area contributed by atoms with E-state index in [1.807, 2.05) is 12.1 Å². The Balaban J connectivity index is 1.97. The second kappa shape index (κ2) is 7.38. The van der Waals surface area contributed by atoms with Crippen LogP contribution in [0.2, 0.25) is 0 Å². The Labute approximate surface area is 149 Å². The molecule has 3 nitrogen and oxygen atoms in total. The fraction of sp³-hybridized carbons (Fsp3) is 0.474. The fourth-order valence-corrected chi connectivity index (χ4v) is 6.08. The molecule has 0 saturated carbocycles. The fourth-order valence-electron chi connectivity index (χ4n) is 3.32. The first-order chi connectivity index (χ1) is 11.5. The van der Waals surface area contributed by atoms with Gasteiger partial charge < -0.3 is 0 Å². The van der Waals surface area contributed by atoms with Gasteiger partial charge in [0.2, 0.25) is 10.0 Å². The van der Waals surface area contributed by atoms with Crippen molar-refractivity contribution in [2.24, 2.45) is 0 Å². The van der Waals surface area contributed by atoms with Gasteiger partial charge in [-0.15, -0.1) is 11.3 Å². The number of rotatable bonds is 4. The maximum Gasteiger partial charge on any atom is 0.243 e. The summed E-state index contributed by atoms with van der Waals surface area (Å²) in [6.07, 6.45) is 4.95. The van der Waals surface area contributed by atoms with Crippen LogP contribution in [0.1, 0.15) is 54.0 Å². The van der Waals surface area contributed by atoms with Gasteiger partial charge in [0.15, 0.2) is 0 Å². The van der Waals surface area contributed by atoms with E-state index in [2.05, 4.69) is 26.0 Å². The summed E-state index contributed by atoms with van der Waals surface area (Å²) in [5.41, 5.74) is 1.16. The van der Waals surface area contributed by atoms with E-state index in [4.69, 9.17) is 0 Å². The van der Waals surface area contributed by atoms with Crippen molar-refractivity contribution in [1.82, 2.24) is 4.31 Å². The van der Waals surface area contributed by atoms with Crippen LogP contribution in [-0.2, 0) is 16.4 Å². The molecule has 1 aromatic heterocycles. The number of hydrogen-bond donors (Lipinski definition) is 0. The lowest BCUT2D eigenvalue weighted by Crippen LogP contribution is -2.34. The van der Waals surface area contributed by atoms with E-state index >= 15 is 0 Å². The molecule has 1 aliphatic heterocycles. The summed E-state index contributed by atoms with van der Waals surface area (Å²) < 4.78 is 28.3. The molecule has 1 fully saturated rings. The molecule has 0 bridgehead atoms. The highest BCUT2D eigenvalue weighted by atomic mass is 32.2. The second-order valence-electron chi connectivity index (χ2n) is 6.43. The summed E-state index contributed by atoms with van der Waals surface area (Å²) in [4.78, 5) is 2.82. The molecule has 1 aromatic carbocycles. The molecule has 0 radical (unpaired) electrons. The quantitative estimate of drug-likeness (QED) is 0.773. The molecule has 0 spiro atoms. The zero-order valence-corrected chi connectivity index (χ0v) is 16.0. The first-order valence-corrected chi connectivity index (χ1v) is 10.9. The van der Waals surface area contributed by atoms with Crippen LogP contribution in [0.3, 0.4) is 0 Å². The third-order valence-electron chi connectivity index (χ3n) is 4.73. The highest BCUT2D eigenvalue weighted by Crippen LogP contribution is 2.37. The summed E-state index contributed by atoms with van der Waals surface area (Å²) in [5, 5.41) is 0. The average molecular weight is 364 g/mol. The third kappa shape index (κ3) is 3.58. The topological polar surface area (TPSA) is 37.4 Å². The van der Waals surface area contributed by atoms with E-state index in [1.165, 1.54) is 9.75 Å². The molecule has 0 aliphatic carbocycles. The van der Waals surface area contributed by atoms with Crippen molar-refractivity contribution in [2.45, 2.75) is 56.9 Å². The van der Waals surface area contributed by atoms with E-state index in [0.29, 0.717) is 11.4 Å². The Morgan fingerprint density at radius 1 is 1.08 bits per heavy atom. The SMILES string of the molecule is CCc1ccc(S(=O)(=O)N2CCCCCC2c2ccc(C)s2)cc1. The Kier molecular flexibility index (Phi) is 5.42. The number of nitrogens with zero attached hydrogens (tertiary/aromatic N) is 1. The van der Waals surface area contributed by atoms with E-state index in [0.717, 1.165) is 37.7 Å². The van der Waals surface area contributed by atoms with Gasteiger partial charge in [-0.2, -0.15) is 4.31 Å². The zero-order chi connectivity index (χ0) is 17.2. The minimum Gasteiger partial charge on any atom is -0.207 e. The standard InChI is InChI=1S/C19H25NO2S2/c1-3-16-9-11-17(12-10-16)24(21,22)20-14-6-4-5-7-18(20)19-13-8-15(2)23-19/h8-13,18H,3-7,14H2,1-2H3. The maximum absolute atomic E-state index is 13.3. The minimum absolute atomic E-state index is 0.0259. The Bertz CT molecular complexity index is 778. The Morgan fingerprint density at radius 2 is 1.83 bits per heavy atom. The van der Waals surface area contributed by atoms with Crippen LogP contribution < -0.4 is 0 Å². The van der Waals surface area contributed by atoms with Gasteiger partial charge in [0.05, 0.1) is 10.9 Å². The van der Waals surface area contributed by atoms with Crippen molar-refractivity contribution in [3.63, 3.8) is 0 Å². The lowest BCUT2D eigenvalue weighted by atomic mass is 10.1. The monoisotopic (exact) mass is 363 g/mol. The van der Waals surface area contributed by atoms with Crippen molar-refractivity contribution in [3.05, 3.63) is 51.7 Å². The minimum atomic E-state index is -3.46. The summed E-state index contributed by atoms with van der Waals surface area (Å²) in [6, 6.07) is 11.5. The van der Waals surface area contributed by atoms with Crippen LogP contribution >= 0.6 is 11.3 Å². The molecular formula is C19H25NO2S2. The van der Waals surface area contributed by atoms with Crippen LogP contribution in [0.25, 0.3) is 0 Å². The van der Waals surface area contributed by atoms with Crippen LogP contribution in [0.4, 0.5) is 0 Å².